The molecule has 86 valence electrons. The van der Waals surface area contributed by atoms with Crippen LogP contribution < -0.4 is 0 Å². The van der Waals surface area contributed by atoms with Gasteiger partial charge in [-0.1, -0.05) is 52.2 Å². The van der Waals surface area contributed by atoms with Crippen LogP contribution in [0.4, 0.5) is 0 Å². The molecular weight excluding hydrogens is 180 g/mol. The zero-order valence-corrected chi connectivity index (χ0v) is 10.6. The summed E-state index contributed by atoms with van der Waals surface area (Å²) < 4.78 is 0. The SMILES string of the molecule is CC1CCCCC2(CCC=C[C@H]2C)C1C. The number of hydrogen-bond acceptors (Lipinski definition) is 0. The minimum atomic E-state index is 0.644. The average molecular weight is 206 g/mol. The Balaban J connectivity index is 2.26. The molecule has 1 saturated carbocycles. The lowest BCUT2D eigenvalue weighted by Crippen LogP contribution is -2.38. The van der Waals surface area contributed by atoms with Gasteiger partial charge in [0.1, 0.15) is 0 Å². The van der Waals surface area contributed by atoms with Crippen LogP contribution in [0.15, 0.2) is 12.2 Å². The van der Waals surface area contributed by atoms with Crippen LogP contribution in [0.3, 0.4) is 0 Å². The van der Waals surface area contributed by atoms with Crippen molar-refractivity contribution in [3.8, 4) is 0 Å². The van der Waals surface area contributed by atoms with Crippen molar-refractivity contribution >= 4 is 0 Å². The van der Waals surface area contributed by atoms with Crippen molar-refractivity contribution in [2.75, 3.05) is 0 Å². The predicted molar refractivity (Wildman–Crippen MR) is 66.8 cm³/mol. The van der Waals surface area contributed by atoms with Gasteiger partial charge in [-0.15, -0.1) is 0 Å². The fraction of sp³-hybridized carbons (Fsp3) is 0.867. The van der Waals surface area contributed by atoms with Gasteiger partial charge in [-0.3, -0.25) is 0 Å². The van der Waals surface area contributed by atoms with Crippen LogP contribution >= 0.6 is 0 Å². The van der Waals surface area contributed by atoms with E-state index in [9.17, 15) is 0 Å². The fourth-order valence-corrected chi connectivity index (χ4v) is 4.03. The summed E-state index contributed by atoms with van der Waals surface area (Å²) in [6, 6.07) is 0. The molecule has 0 N–H and O–H groups in total. The molecule has 0 aromatic rings. The molecule has 0 aromatic heterocycles. The van der Waals surface area contributed by atoms with E-state index < -0.39 is 0 Å². The molecule has 3 unspecified atom stereocenters. The molecule has 0 nitrogen and oxygen atoms in total. The van der Waals surface area contributed by atoms with Gasteiger partial charge in [0.05, 0.1) is 0 Å². The molecule has 2 aliphatic rings. The Bertz CT molecular complexity index is 240. The Hall–Kier alpha value is -0.260. The topological polar surface area (TPSA) is 0 Å². The predicted octanol–water partition coefficient (Wildman–Crippen LogP) is 4.81. The molecule has 2 aliphatic carbocycles. The molecular formula is C15H26. The zero-order chi connectivity index (χ0) is 10.9. The maximum atomic E-state index is 2.52. The van der Waals surface area contributed by atoms with Crippen LogP contribution in [0.2, 0.25) is 0 Å². The molecule has 4 atom stereocenters. The maximum Gasteiger partial charge on any atom is -0.0203 e. The standard InChI is InChI=1S/C15H26/c1-12-8-4-6-10-15(14(12)3)11-7-5-9-13(15)2/h5,9,12-14H,4,6-8,10-11H2,1-3H3/t12?,13-,14?,15?/m1/s1. The lowest BCUT2D eigenvalue weighted by atomic mass is 9.59. The third-order valence-electron chi connectivity index (χ3n) is 5.42. The summed E-state index contributed by atoms with van der Waals surface area (Å²) in [6.07, 6.45) is 13.5. The number of allylic oxidation sites excluding steroid dienone is 2. The Labute approximate surface area is 95.1 Å². The van der Waals surface area contributed by atoms with Crippen molar-refractivity contribution in [3.63, 3.8) is 0 Å². The van der Waals surface area contributed by atoms with Crippen molar-refractivity contribution in [3.05, 3.63) is 12.2 Å². The molecule has 15 heavy (non-hydrogen) atoms. The molecule has 0 heterocycles. The summed E-state index contributed by atoms with van der Waals surface area (Å²) in [5.41, 5.74) is 0.644. The second kappa shape index (κ2) is 4.31. The van der Waals surface area contributed by atoms with Gasteiger partial charge < -0.3 is 0 Å². The van der Waals surface area contributed by atoms with E-state index in [1.807, 2.05) is 0 Å². The van der Waals surface area contributed by atoms with E-state index in [4.69, 9.17) is 0 Å². The molecule has 0 heteroatoms. The molecule has 0 radical (unpaired) electrons. The van der Waals surface area contributed by atoms with E-state index in [1.165, 1.54) is 38.5 Å². The third kappa shape index (κ3) is 1.88. The minimum Gasteiger partial charge on any atom is -0.0882 e. The molecule has 1 fully saturated rings. The van der Waals surface area contributed by atoms with Gasteiger partial charge in [-0.2, -0.15) is 0 Å². The number of hydrogen-bond donors (Lipinski definition) is 0. The molecule has 0 aliphatic heterocycles. The third-order valence-corrected chi connectivity index (χ3v) is 5.42. The van der Waals surface area contributed by atoms with E-state index in [1.54, 1.807) is 0 Å². The van der Waals surface area contributed by atoms with Crippen LogP contribution in [-0.2, 0) is 0 Å². The van der Waals surface area contributed by atoms with Crippen molar-refractivity contribution in [2.45, 2.75) is 59.3 Å². The van der Waals surface area contributed by atoms with Gasteiger partial charge in [0.15, 0.2) is 0 Å². The smallest absolute Gasteiger partial charge is 0.0203 e. The van der Waals surface area contributed by atoms with Crippen molar-refractivity contribution in [1.29, 1.82) is 0 Å². The van der Waals surface area contributed by atoms with Crippen LogP contribution in [-0.4, -0.2) is 0 Å². The summed E-state index contributed by atoms with van der Waals surface area (Å²) >= 11 is 0. The quantitative estimate of drug-likeness (QED) is 0.499. The highest BCUT2D eigenvalue weighted by Gasteiger charge is 2.43. The first-order valence-electron chi connectivity index (χ1n) is 6.83. The van der Waals surface area contributed by atoms with E-state index in [2.05, 4.69) is 32.9 Å². The minimum absolute atomic E-state index is 0.644. The largest absolute Gasteiger partial charge is 0.0882 e. The summed E-state index contributed by atoms with van der Waals surface area (Å²) in [5.74, 6) is 2.66. The van der Waals surface area contributed by atoms with Crippen LogP contribution in [0, 0.1) is 23.2 Å². The molecule has 0 aromatic carbocycles. The van der Waals surface area contributed by atoms with Gasteiger partial charge in [0.25, 0.3) is 0 Å². The Morgan fingerprint density at radius 2 is 1.87 bits per heavy atom. The second-order valence-corrected chi connectivity index (χ2v) is 6.00. The van der Waals surface area contributed by atoms with Gasteiger partial charge >= 0.3 is 0 Å². The average Bonchev–Trinajstić information content (AvgIpc) is 2.37. The van der Waals surface area contributed by atoms with Gasteiger partial charge in [-0.25, -0.2) is 0 Å². The van der Waals surface area contributed by atoms with Crippen molar-refractivity contribution in [1.82, 2.24) is 0 Å². The molecule has 0 bridgehead atoms. The Morgan fingerprint density at radius 3 is 2.60 bits per heavy atom. The molecule has 2 rings (SSSR count). The van der Waals surface area contributed by atoms with Gasteiger partial charge in [0, 0.05) is 0 Å². The highest BCUT2D eigenvalue weighted by atomic mass is 14.5. The summed E-state index contributed by atoms with van der Waals surface area (Å²) in [4.78, 5) is 0. The maximum absolute atomic E-state index is 2.52. The monoisotopic (exact) mass is 206 g/mol. The van der Waals surface area contributed by atoms with Crippen molar-refractivity contribution in [2.24, 2.45) is 23.2 Å². The van der Waals surface area contributed by atoms with E-state index >= 15 is 0 Å². The highest BCUT2D eigenvalue weighted by molar-refractivity contribution is 5.05. The fourth-order valence-electron chi connectivity index (χ4n) is 4.03. The Morgan fingerprint density at radius 1 is 1.07 bits per heavy atom. The lowest BCUT2D eigenvalue weighted by molar-refractivity contribution is 0.0605. The number of rotatable bonds is 0. The Kier molecular flexibility index (Phi) is 3.23. The summed E-state index contributed by atoms with van der Waals surface area (Å²) in [5, 5.41) is 0. The van der Waals surface area contributed by atoms with Crippen LogP contribution in [0.25, 0.3) is 0 Å². The molecule has 0 saturated heterocycles. The van der Waals surface area contributed by atoms with E-state index in [0.29, 0.717) is 5.41 Å². The van der Waals surface area contributed by atoms with E-state index in [0.717, 1.165) is 17.8 Å². The zero-order valence-electron chi connectivity index (χ0n) is 10.6. The van der Waals surface area contributed by atoms with Crippen molar-refractivity contribution < 1.29 is 0 Å². The summed E-state index contributed by atoms with van der Waals surface area (Å²) in [7, 11) is 0. The summed E-state index contributed by atoms with van der Waals surface area (Å²) in [6.45, 7) is 7.44. The first-order chi connectivity index (χ1) is 7.17. The van der Waals surface area contributed by atoms with Gasteiger partial charge in [0.2, 0.25) is 0 Å². The van der Waals surface area contributed by atoms with Crippen LogP contribution in [0.5, 0.6) is 0 Å². The first kappa shape index (κ1) is 11.2. The normalized spacial score (nSPS) is 46.7. The van der Waals surface area contributed by atoms with Gasteiger partial charge in [-0.05, 0) is 42.4 Å². The lowest BCUT2D eigenvalue weighted by Gasteiger charge is -2.46. The second-order valence-electron chi connectivity index (χ2n) is 6.00. The van der Waals surface area contributed by atoms with Crippen LogP contribution in [0.1, 0.15) is 59.3 Å². The first-order valence-corrected chi connectivity index (χ1v) is 6.83. The molecule has 0 amide bonds. The van der Waals surface area contributed by atoms with E-state index in [-0.39, 0.29) is 0 Å². The highest BCUT2D eigenvalue weighted by Crippen LogP contribution is 2.52. The molecule has 1 spiro atoms.